The standard InChI is InChI=1S/C20H38O14S/c1-3-5-10(6-4-2)9-30-19-15(25)14(24)17(12(8-22)32-19)33-20-16(26)18(34-35(27,28)29)13(23)11(7-21)31-20/h10-26H,3-9H2,1-2H3,(H,27,28,29)/t11-,12-,13-,14-,15-,16-,17-,18+,19-,20+/m1/s1. The summed E-state index contributed by atoms with van der Waals surface area (Å²) in [5.41, 5.74) is 0. The highest BCUT2D eigenvalue weighted by Gasteiger charge is 2.52. The third kappa shape index (κ3) is 8.23. The highest BCUT2D eigenvalue weighted by atomic mass is 32.3. The van der Waals surface area contributed by atoms with Crippen LogP contribution in [0.5, 0.6) is 0 Å². The van der Waals surface area contributed by atoms with Gasteiger partial charge < -0.3 is 49.6 Å². The summed E-state index contributed by atoms with van der Waals surface area (Å²) in [6.45, 7) is 2.80. The minimum atomic E-state index is -5.13. The first-order valence-corrected chi connectivity index (χ1v) is 13.0. The van der Waals surface area contributed by atoms with Crippen molar-refractivity contribution in [3.8, 4) is 0 Å². The van der Waals surface area contributed by atoms with Gasteiger partial charge >= 0.3 is 10.4 Å². The predicted molar refractivity (Wildman–Crippen MR) is 116 cm³/mol. The first-order chi connectivity index (χ1) is 16.5. The van der Waals surface area contributed by atoms with E-state index in [2.05, 4.69) is 4.18 Å². The normalized spacial score (nSPS) is 38.7. The summed E-state index contributed by atoms with van der Waals surface area (Å²) in [5.74, 6) is 0.215. The molecule has 0 unspecified atom stereocenters. The van der Waals surface area contributed by atoms with Gasteiger partial charge in [-0.1, -0.05) is 26.7 Å². The van der Waals surface area contributed by atoms with E-state index in [4.69, 9.17) is 23.5 Å². The molecule has 0 aromatic heterocycles. The van der Waals surface area contributed by atoms with Crippen molar-refractivity contribution >= 4 is 10.4 Å². The zero-order valence-electron chi connectivity index (χ0n) is 19.7. The molecule has 10 atom stereocenters. The van der Waals surface area contributed by atoms with E-state index in [-0.39, 0.29) is 12.5 Å². The molecular weight excluding hydrogens is 496 g/mol. The molecular formula is C20H38O14S. The predicted octanol–water partition coefficient (Wildman–Crippen LogP) is -2.33. The highest BCUT2D eigenvalue weighted by molar-refractivity contribution is 7.80. The molecule has 0 bridgehead atoms. The lowest BCUT2D eigenvalue weighted by molar-refractivity contribution is -0.358. The van der Waals surface area contributed by atoms with E-state index in [0.717, 1.165) is 25.7 Å². The molecule has 0 aromatic rings. The molecule has 7 N–H and O–H groups in total. The molecule has 0 spiro atoms. The van der Waals surface area contributed by atoms with E-state index in [1.54, 1.807) is 0 Å². The second-order valence-corrected chi connectivity index (χ2v) is 9.83. The lowest BCUT2D eigenvalue weighted by Gasteiger charge is -2.46. The van der Waals surface area contributed by atoms with Gasteiger partial charge in [0, 0.05) is 0 Å². The first kappa shape index (κ1) is 30.7. The van der Waals surface area contributed by atoms with Crippen LogP contribution in [0, 0.1) is 5.92 Å². The van der Waals surface area contributed by atoms with Crippen molar-refractivity contribution in [1.29, 1.82) is 0 Å². The van der Waals surface area contributed by atoms with Crippen molar-refractivity contribution in [2.45, 2.75) is 101 Å². The molecule has 2 aliphatic heterocycles. The fourth-order valence-corrected chi connectivity index (χ4v) is 4.80. The van der Waals surface area contributed by atoms with Crippen LogP contribution in [-0.2, 0) is 33.5 Å². The summed E-state index contributed by atoms with van der Waals surface area (Å²) in [6.07, 6.45) is -12.9. The van der Waals surface area contributed by atoms with Crippen molar-refractivity contribution < 1.29 is 66.7 Å². The monoisotopic (exact) mass is 534 g/mol. The van der Waals surface area contributed by atoms with Gasteiger partial charge in [-0.3, -0.25) is 4.55 Å². The molecule has 14 nitrogen and oxygen atoms in total. The lowest BCUT2D eigenvalue weighted by atomic mass is 9.96. The SMILES string of the molecule is CCCC(CCC)CO[C@@H]1O[C@H](CO)[C@@H](O[C@@H]2O[C@H](CO)[C@@H](O)[C@H](OS(=O)(=O)O)[C@H]2O)[C@H](O)[C@H]1O. The summed E-state index contributed by atoms with van der Waals surface area (Å²) in [5, 5.41) is 61.0. The molecule has 0 saturated carbocycles. The fraction of sp³-hybridized carbons (Fsp3) is 1.00. The van der Waals surface area contributed by atoms with Crippen LogP contribution >= 0.6 is 0 Å². The van der Waals surface area contributed by atoms with E-state index in [0.29, 0.717) is 0 Å². The Morgan fingerprint density at radius 3 is 1.89 bits per heavy atom. The molecule has 2 saturated heterocycles. The molecule has 208 valence electrons. The lowest BCUT2D eigenvalue weighted by Crippen LogP contribution is -2.65. The zero-order chi connectivity index (χ0) is 26.3. The smallest absolute Gasteiger partial charge is 0.394 e. The topological polar surface area (TPSA) is 222 Å². The van der Waals surface area contributed by atoms with Gasteiger partial charge in [-0.15, -0.1) is 0 Å². The molecule has 15 heteroatoms. The van der Waals surface area contributed by atoms with E-state index in [1.165, 1.54) is 0 Å². The number of aliphatic hydroxyl groups is 6. The van der Waals surface area contributed by atoms with Crippen LogP contribution in [-0.4, -0.2) is 125 Å². The average molecular weight is 535 g/mol. The van der Waals surface area contributed by atoms with Gasteiger partial charge in [0.25, 0.3) is 0 Å². The van der Waals surface area contributed by atoms with Crippen molar-refractivity contribution in [2.75, 3.05) is 19.8 Å². The molecule has 2 heterocycles. The Labute approximate surface area is 204 Å². The van der Waals surface area contributed by atoms with E-state index < -0.39 is 85.0 Å². The number of hydrogen-bond acceptors (Lipinski definition) is 13. The van der Waals surface area contributed by atoms with Crippen molar-refractivity contribution in [2.24, 2.45) is 5.92 Å². The quantitative estimate of drug-likeness (QED) is 0.123. The molecule has 35 heavy (non-hydrogen) atoms. The Hall–Kier alpha value is -0.530. The van der Waals surface area contributed by atoms with Gasteiger partial charge in [0.1, 0.15) is 48.8 Å². The third-order valence-electron chi connectivity index (χ3n) is 6.06. The van der Waals surface area contributed by atoms with Crippen LogP contribution < -0.4 is 0 Å². The zero-order valence-corrected chi connectivity index (χ0v) is 20.5. The minimum absolute atomic E-state index is 0.215. The summed E-state index contributed by atoms with van der Waals surface area (Å²) < 4.78 is 57.6. The van der Waals surface area contributed by atoms with Gasteiger partial charge in [-0.05, 0) is 18.8 Å². The van der Waals surface area contributed by atoms with Gasteiger partial charge in [0.2, 0.25) is 0 Å². The number of rotatable bonds is 13. The fourth-order valence-electron chi connectivity index (χ4n) is 4.29. The van der Waals surface area contributed by atoms with Gasteiger partial charge in [0.05, 0.1) is 19.8 Å². The largest absolute Gasteiger partial charge is 0.397 e. The van der Waals surface area contributed by atoms with E-state index in [1.807, 2.05) is 13.8 Å². The number of aliphatic hydroxyl groups excluding tert-OH is 6. The maximum absolute atomic E-state index is 11.1. The van der Waals surface area contributed by atoms with Gasteiger partial charge in [-0.2, -0.15) is 8.42 Å². The first-order valence-electron chi connectivity index (χ1n) is 11.6. The van der Waals surface area contributed by atoms with Crippen LogP contribution in [0.3, 0.4) is 0 Å². The van der Waals surface area contributed by atoms with Crippen LogP contribution in [0.4, 0.5) is 0 Å². The Bertz CT molecular complexity index is 715. The second kappa shape index (κ2) is 13.9. The van der Waals surface area contributed by atoms with Gasteiger partial charge in [-0.25, -0.2) is 4.18 Å². The molecule has 0 radical (unpaired) electrons. The molecule has 0 amide bonds. The van der Waals surface area contributed by atoms with Crippen LogP contribution in [0.1, 0.15) is 39.5 Å². The summed E-state index contributed by atoms with van der Waals surface area (Å²) >= 11 is 0. The van der Waals surface area contributed by atoms with Crippen molar-refractivity contribution in [1.82, 2.24) is 0 Å². The van der Waals surface area contributed by atoms with Crippen molar-refractivity contribution in [3.63, 3.8) is 0 Å². The molecule has 2 fully saturated rings. The summed E-state index contributed by atoms with van der Waals surface area (Å²) in [4.78, 5) is 0. The van der Waals surface area contributed by atoms with E-state index >= 15 is 0 Å². The number of hydrogen-bond donors (Lipinski definition) is 7. The maximum Gasteiger partial charge on any atom is 0.397 e. The van der Waals surface area contributed by atoms with Crippen LogP contribution in [0.2, 0.25) is 0 Å². The average Bonchev–Trinajstić information content (AvgIpc) is 2.80. The highest BCUT2D eigenvalue weighted by Crippen LogP contribution is 2.31. The summed E-state index contributed by atoms with van der Waals surface area (Å²) in [6, 6.07) is 0. The number of ether oxygens (including phenoxy) is 4. The summed E-state index contributed by atoms with van der Waals surface area (Å²) in [7, 11) is -5.13. The second-order valence-electron chi connectivity index (χ2n) is 8.78. The Morgan fingerprint density at radius 1 is 0.800 bits per heavy atom. The van der Waals surface area contributed by atoms with Crippen LogP contribution in [0.25, 0.3) is 0 Å². The minimum Gasteiger partial charge on any atom is -0.394 e. The van der Waals surface area contributed by atoms with Gasteiger partial charge in [0.15, 0.2) is 12.6 Å². The molecule has 2 rings (SSSR count). The Kier molecular flexibility index (Phi) is 12.1. The molecule has 0 aliphatic carbocycles. The Morgan fingerprint density at radius 2 is 1.37 bits per heavy atom. The van der Waals surface area contributed by atoms with Crippen molar-refractivity contribution in [3.05, 3.63) is 0 Å². The van der Waals surface area contributed by atoms with E-state index in [9.17, 15) is 39.1 Å². The third-order valence-corrected chi connectivity index (χ3v) is 6.52. The maximum atomic E-state index is 11.1. The van der Waals surface area contributed by atoms with Crippen LogP contribution in [0.15, 0.2) is 0 Å². The Balaban J connectivity index is 2.12. The molecule has 2 aliphatic rings. The molecule has 0 aromatic carbocycles.